The van der Waals surface area contributed by atoms with E-state index in [9.17, 15) is 14.0 Å². The van der Waals surface area contributed by atoms with E-state index in [2.05, 4.69) is 9.97 Å². The number of rotatable bonds is 2. The van der Waals surface area contributed by atoms with Crippen molar-refractivity contribution in [2.24, 2.45) is 0 Å². The molecule has 7 heteroatoms. The molecule has 1 aliphatic rings. The van der Waals surface area contributed by atoms with E-state index in [4.69, 9.17) is 0 Å². The molecule has 3 heterocycles. The molecule has 0 radical (unpaired) electrons. The van der Waals surface area contributed by atoms with E-state index in [0.29, 0.717) is 35.7 Å². The Hall–Kier alpha value is -2.83. The van der Waals surface area contributed by atoms with Crippen LogP contribution in [0.25, 0.3) is 0 Å². The van der Waals surface area contributed by atoms with Crippen LogP contribution in [-0.2, 0) is 0 Å². The number of aromatic nitrogens is 2. The minimum Gasteiger partial charge on any atom is -0.309 e. The number of carbonyl (C=O) groups is 2. The summed E-state index contributed by atoms with van der Waals surface area (Å²) in [7, 11) is 1.58. The summed E-state index contributed by atoms with van der Waals surface area (Å²) in [5.74, 6) is -0.270. The van der Waals surface area contributed by atoms with Gasteiger partial charge in [-0.15, -0.1) is 0 Å². The summed E-state index contributed by atoms with van der Waals surface area (Å²) in [5, 5.41) is 0. The zero-order chi connectivity index (χ0) is 15.9. The van der Waals surface area contributed by atoms with Crippen molar-refractivity contribution in [2.45, 2.75) is 6.92 Å². The summed E-state index contributed by atoms with van der Waals surface area (Å²) in [6, 6.07) is 4.19. The summed E-state index contributed by atoms with van der Waals surface area (Å²) < 4.78 is 13.5. The predicted octanol–water partition coefficient (Wildman–Crippen LogP) is 2.18. The minimum absolute atomic E-state index is 0.285. The molecule has 3 rings (SSSR count). The van der Waals surface area contributed by atoms with Gasteiger partial charge in [0, 0.05) is 25.4 Å². The molecule has 0 aromatic carbocycles. The van der Waals surface area contributed by atoms with Crippen LogP contribution in [0.4, 0.5) is 21.7 Å². The van der Waals surface area contributed by atoms with Crippen molar-refractivity contribution >= 4 is 29.5 Å². The first-order valence-corrected chi connectivity index (χ1v) is 6.74. The molecule has 0 N–H and O–H groups in total. The van der Waals surface area contributed by atoms with Gasteiger partial charge in [0.05, 0.1) is 11.3 Å². The minimum atomic E-state index is -0.633. The standard InChI is InChI=1S/C15H13FN4O2/c1-3-20-13-10(6-9(8-21)7-17-13)15(22)19(2)11-4-5-12(16)18-14(11)20/h4-8H,3H2,1-2H3. The molecule has 112 valence electrons. The highest BCUT2D eigenvalue weighted by molar-refractivity contribution is 6.13. The molecule has 0 atom stereocenters. The Kier molecular flexibility index (Phi) is 3.32. The summed E-state index contributed by atoms with van der Waals surface area (Å²) in [6.07, 6.45) is 2.01. The van der Waals surface area contributed by atoms with Crippen molar-refractivity contribution in [3.05, 3.63) is 41.5 Å². The number of halogens is 1. The molecule has 6 nitrogen and oxygen atoms in total. The second-order valence-electron chi connectivity index (χ2n) is 4.84. The van der Waals surface area contributed by atoms with Crippen molar-refractivity contribution in [1.29, 1.82) is 0 Å². The lowest BCUT2D eigenvalue weighted by Crippen LogP contribution is -2.25. The Morgan fingerprint density at radius 1 is 1.32 bits per heavy atom. The zero-order valence-electron chi connectivity index (χ0n) is 12.1. The normalized spacial score (nSPS) is 13.5. The number of anilines is 3. The topological polar surface area (TPSA) is 66.4 Å². The number of hydrogen-bond acceptors (Lipinski definition) is 5. The van der Waals surface area contributed by atoms with Crippen molar-refractivity contribution in [2.75, 3.05) is 23.4 Å². The molecule has 1 aliphatic heterocycles. The average Bonchev–Trinajstić information content (AvgIpc) is 2.62. The lowest BCUT2D eigenvalue weighted by Gasteiger charge is -2.22. The molecular formula is C15H13FN4O2. The van der Waals surface area contributed by atoms with Gasteiger partial charge in [0.2, 0.25) is 5.95 Å². The summed E-state index contributed by atoms with van der Waals surface area (Å²) in [6.45, 7) is 2.30. The molecule has 0 saturated carbocycles. The SMILES string of the molecule is CCN1c2ncc(C=O)cc2C(=O)N(C)c2ccc(F)nc21. The number of carbonyl (C=O) groups excluding carboxylic acids is 2. The van der Waals surface area contributed by atoms with E-state index in [0.717, 1.165) is 0 Å². The van der Waals surface area contributed by atoms with Crippen molar-refractivity contribution in [3.8, 4) is 0 Å². The third kappa shape index (κ3) is 2.02. The molecule has 2 aromatic rings. The van der Waals surface area contributed by atoms with Crippen LogP contribution < -0.4 is 9.80 Å². The van der Waals surface area contributed by atoms with Crippen LogP contribution in [-0.4, -0.2) is 35.8 Å². The maximum Gasteiger partial charge on any atom is 0.261 e. The highest BCUT2D eigenvalue weighted by Crippen LogP contribution is 2.37. The van der Waals surface area contributed by atoms with Gasteiger partial charge in [-0.3, -0.25) is 9.59 Å². The first-order valence-electron chi connectivity index (χ1n) is 6.74. The van der Waals surface area contributed by atoms with Crippen LogP contribution in [0, 0.1) is 5.95 Å². The van der Waals surface area contributed by atoms with Gasteiger partial charge in [-0.25, -0.2) is 4.98 Å². The van der Waals surface area contributed by atoms with E-state index < -0.39 is 5.95 Å². The number of nitrogens with zero attached hydrogens (tertiary/aromatic N) is 4. The maximum atomic E-state index is 13.5. The van der Waals surface area contributed by atoms with Gasteiger partial charge in [0.1, 0.15) is 5.82 Å². The Labute approximate surface area is 126 Å². The third-order valence-corrected chi connectivity index (χ3v) is 3.57. The predicted molar refractivity (Wildman–Crippen MR) is 79.2 cm³/mol. The highest BCUT2D eigenvalue weighted by atomic mass is 19.1. The second kappa shape index (κ2) is 5.18. The Morgan fingerprint density at radius 2 is 2.09 bits per heavy atom. The maximum absolute atomic E-state index is 13.5. The van der Waals surface area contributed by atoms with Crippen LogP contribution in [0.15, 0.2) is 24.4 Å². The first kappa shape index (κ1) is 14.1. The van der Waals surface area contributed by atoms with Crippen LogP contribution in [0.1, 0.15) is 27.6 Å². The van der Waals surface area contributed by atoms with Crippen molar-refractivity contribution in [3.63, 3.8) is 0 Å². The fourth-order valence-electron chi connectivity index (χ4n) is 2.48. The monoisotopic (exact) mass is 300 g/mol. The Balaban J connectivity index is 2.31. The van der Waals surface area contributed by atoms with Gasteiger partial charge in [-0.2, -0.15) is 9.37 Å². The van der Waals surface area contributed by atoms with Crippen molar-refractivity contribution < 1.29 is 14.0 Å². The largest absolute Gasteiger partial charge is 0.309 e. The fraction of sp³-hybridized carbons (Fsp3) is 0.200. The number of aldehydes is 1. The van der Waals surface area contributed by atoms with E-state index in [1.54, 1.807) is 11.9 Å². The Bertz CT molecular complexity index is 778. The van der Waals surface area contributed by atoms with Crippen LogP contribution in [0.2, 0.25) is 0 Å². The van der Waals surface area contributed by atoms with Crippen LogP contribution in [0.3, 0.4) is 0 Å². The molecule has 0 spiro atoms. The van der Waals surface area contributed by atoms with Crippen LogP contribution in [0.5, 0.6) is 0 Å². The van der Waals surface area contributed by atoms with Crippen LogP contribution >= 0.6 is 0 Å². The van der Waals surface area contributed by atoms with E-state index in [1.165, 1.54) is 29.3 Å². The molecule has 0 aliphatic carbocycles. The Morgan fingerprint density at radius 3 is 2.77 bits per heavy atom. The van der Waals surface area contributed by atoms with Gasteiger partial charge in [-0.05, 0) is 25.1 Å². The summed E-state index contributed by atoms with van der Waals surface area (Å²) >= 11 is 0. The number of hydrogen-bond donors (Lipinski definition) is 0. The quantitative estimate of drug-likeness (QED) is 0.628. The highest BCUT2D eigenvalue weighted by Gasteiger charge is 2.31. The average molecular weight is 300 g/mol. The molecular weight excluding hydrogens is 287 g/mol. The lowest BCUT2D eigenvalue weighted by atomic mass is 10.1. The first-order chi connectivity index (χ1) is 10.6. The number of pyridine rings is 2. The zero-order valence-corrected chi connectivity index (χ0v) is 12.1. The van der Waals surface area contributed by atoms with Gasteiger partial charge >= 0.3 is 0 Å². The van der Waals surface area contributed by atoms with E-state index in [-0.39, 0.29) is 11.5 Å². The molecule has 22 heavy (non-hydrogen) atoms. The lowest BCUT2D eigenvalue weighted by molar-refractivity contribution is 0.0994. The molecule has 0 saturated heterocycles. The molecule has 2 aromatic heterocycles. The second-order valence-corrected chi connectivity index (χ2v) is 4.84. The molecule has 0 bridgehead atoms. The van der Waals surface area contributed by atoms with Crippen molar-refractivity contribution in [1.82, 2.24) is 9.97 Å². The molecule has 0 unspecified atom stereocenters. The van der Waals surface area contributed by atoms with E-state index >= 15 is 0 Å². The smallest absolute Gasteiger partial charge is 0.261 e. The van der Waals surface area contributed by atoms with Gasteiger partial charge in [0.25, 0.3) is 5.91 Å². The number of amides is 1. The van der Waals surface area contributed by atoms with E-state index in [1.807, 2.05) is 6.92 Å². The molecule has 0 fully saturated rings. The number of fused-ring (bicyclic) bond motifs is 2. The third-order valence-electron chi connectivity index (χ3n) is 3.57. The fourth-order valence-corrected chi connectivity index (χ4v) is 2.48. The summed E-state index contributed by atoms with van der Waals surface area (Å²) in [4.78, 5) is 34.7. The van der Waals surface area contributed by atoms with Gasteiger partial charge in [-0.1, -0.05) is 0 Å². The van der Waals surface area contributed by atoms with Gasteiger partial charge in [0.15, 0.2) is 12.1 Å². The summed E-state index contributed by atoms with van der Waals surface area (Å²) in [5.41, 5.74) is 1.08. The molecule has 1 amide bonds. The van der Waals surface area contributed by atoms with Gasteiger partial charge < -0.3 is 9.80 Å².